The molecular formula is C21H15F3N6O3. The van der Waals surface area contributed by atoms with E-state index in [0.29, 0.717) is 21.9 Å². The van der Waals surface area contributed by atoms with Gasteiger partial charge in [0.25, 0.3) is 0 Å². The van der Waals surface area contributed by atoms with Gasteiger partial charge in [0.2, 0.25) is 0 Å². The number of rotatable bonds is 5. The van der Waals surface area contributed by atoms with Crippen LogP contribution in [-0.4, -0.2) is 20.8 Å². The molecule has 0 atom stereocenters. The maximum absolute atomic E-state index is 13.1. The lowest BCUT2D eigenvalue weighted by Gasteiger charge is -2.15. The van der Waals surface area contributed by atoms with E-state index < -0.39 is 17.8 Å². The van der Waals surface area contributed by atoms with Crippen LogP contribution < -0.4 is 20.1 Å². The van der Waals surface area contributed by atoms with Crippen molar-refractivity contribution >= 4 is 17.4 Å². The number of urea groups is 1. The molecule has 2 N–H and O–H groups in total. The number of nitrogens with zero attached hydrogens (tertiary/aromatic N) is 4. The Labute approximate surface area is 184 Å². The molecule has 12 heteroatoms. The third kappa shape index (κ3) is 5.36. The number of ether oxygens (including phenoxy) is 1. The molecule has 2 aromatic heterocycles. The number of nitrogens with one attached hydrogen (secondary N) is 2. The van der Waals surface area contributed by atoms with Gasteiger partial charge in [-0.3, -0.25) is 0 Å². The number of benzene rings is 2. The highest BCUT2D eigenvalue weighted by molar-refractivity contribution is 6.01. The number of amides is 2. The molecule has 0 radical (unpaired) electrons. The van der Waals surface area contributed by atoms with Crippen LogP contribution in [0.5, 0.6) is 11.5 Å². The minimum atomic E-state index is -4.59. The molecule has 0 aliphatic carbocycles. The van der Waals surface area contributed by atoms with Crippen molar-refractivity contribution in [2.45, 2.75) is 6.18 Å². The lowest BCUT2D eigenvalue weighted by molar-refractivity contribution is -0.605. The van der Waals surface area contributed by atoms with E-state index in [9.17, 15) is 23.2 Å². The number of anilines is 2. The summed E-state index contributed by atoms with van der Waals surface area (Å²) in [6.07, 6.45) is 0.511. The van der Waals surface area contributed by atoms with Gasteiger partial charge in [0.1, 0.15) is 24.2 Å². The van der Waals surface area contributed by atoms with Crippen LogP contribution in [0.15, 0.2) is 79.6 Å². The van der Waals surface area contributed by atoms with Crippen molar-refractivity contribution < 1.29 is 27.4 Å². The molecule has 2 aromatic carbocycles. The second-order valence-electron chi connectivity index (χ2n) is 6.67. The van der Waals surface area contributed by atoms with Crippen LogP contribution in [-0.2, 0) is 6.18 Å². The Morgan fingerprint density at radius 3 is 2.33 bits per heavy atom. The molecule has 9 nitrogen and oxygen atoms in total. The largest absolute Gasteiger partial charge is 0.619 e. The second-order valence-corrected chi connectivity index (χ2v) is 6.67. The Bertz CT molecular complexity index is 1240. The first-order valence-electron chi connectivity index (χ1n) is 9.39. The van der Waals surface area contributed by atoms with Gasteiger partial charge in [0, 0.05) is 17.8 Å². The summed E-state index contributed by atoms with van der Waals surface area (Å²) in [5.41, 5.74) is -0.444. The molecule has 0 spiro atoms. The topological polar surface area (TPSA) is 108 Å². The first-order valence-corrected chi connectivity index (χ1v) is 9.39. The summed E-state index contributed by atoms with van der Waals surface area (Å²) in [7, 11) is 0. The van der Waals surface area contributed by atoms with Gasteiger partial charge in [-0.25, -0.2) is 14.5 Å². The minimum absolute atomic E-state index is 0.104. The zero-order chi connectivity index (χ0) is 23.4. The third-order valence-corrected chi connectivity index (χ3v) is 4.36. The maximum atomic E-state index is 13.1. The SMILES string of the molecule is O=C(Nc1ccc(Oc2cc[n+]([O-])cc2)cc1)Nc1cc(C(F)(F)F)ccc1-n1cncn1. The molecule has 2 heterocycles. The summed E-state index contributed by atoms with van der Waals surface area (Å²) < 4.78 is 46.9. The predicted molar refractivity (Wildman–Crippen MR) is 111 cm³/mol. The summed E-state index contributed by atoms with van der Waals surface area (Å²) in [4.78, 5) is 16.2. The summed E-state index contributed by atoms with van der Waals surface area (Å²) in [6.45, 7) is 0. The molecule has 0 saturated heterocycles. The van der Waals surface area contributed by atoms with E-state index in [4.69, 9.17) is 4.74 Å². The molecule has 0 saturated carbocycles. The molecule has 168 valence electrons. The monoisotopic (exact) mass is 456 g/mol. The van der Waals surface area contributed by atoms with Crippen molar-refractivity contribution in [2.24, 2.45) is 0 Å². The average molecular weight is 456 g/mol. The summed E-state index contributed by atoms with van der Waals surface area (Å²) in [6, 6.07) is 11.4. The molecule has 0 aliphatic heterocycles. The van der Waals surface area contributed by atoms with E-state index in [-0.39, 0.29) is 11.4 Å². The van der Waals surface area contributed by atoms with Gasteiger partial charge >= 0.3 is 12.2 Å². The Balaban J connectivity index is 1.47. The van der Waals surface area contributed by atoms with E-state index in [1.807, 2.05) is 0 Å². The molecule has 0 fully saturated rings. The number of hydrogen-bond donors (Lipinski definition) is 2. The second kappa shape index (κ2) is 8.86. The van der Waals surface area contributed by atoms with Crippen LogP contribution in [0.2, 0.25) is 0 Å². The third-order valence-electron chi connectivity index (χ3n) is 4.36. The van der Waals surface area contributed by atoms with Gasteiger partial charge in [-0.2, -0.15) is 23.0 Å². The molecular weight excluding hydrogens is 441 g/mol. The van der Waals surface area contributed by atoms with Crippen LogP contribution in [0.4, 0.5) is 29.3 Å². The first-order chi connectivity index (χ1) is 15.8. The number of halogens is 3. The number of aromatic nitrogens is 4. The number of alkyl halides is 3. The van der Waals surface area contributed by atoms with Gasteiger partial charge in [0.05, 0.1) is 16.9 Å². The van der Waals surface area contributed by atoms with Crippen LogP contribution >= 0.6 is 0 Å². The lowest BCUT2D eigenvalue weighted by atomic mass is 10.1. The molecule has 2 amide bonds. The molecule has 0 unspecified atom stereocenters. The van der Waals surface area contributed by atoms with E-state index in [2.05, 4.69) is 20.7 Å². The quantitative estimate of drug-likeness (QED) is 0.343. The van der Waals surface area contributed by atoms with Crippen LogP contribution in [0, 0.1) is 5.21 Å². The van der Waals surface area contributed by atoms with Gasteiger partial charge < -0.3 is 20.6 Å². The standard InChI is InChI=1S/C21H15F3N6O3/c22-21(23,24)14-1-6-19(30-13-25-12-26-30)18(11-14)28-20(31)27-15-2-4-16(5-3-15)33-17-7-9-29(32)10-8-17/h1-13H,(H2,27,28,31). The van der Waals surface area contributed by atoms with E-state index >= 15 is 0 Å². The van der Waals surface area contributed by atoms with E-state index in [0.717, 1.165) is 12.1 Å². The summed E-state index contributed by atoms with van der Waals surface area (Å²) >= 11 is 0. The van der Waals surface area contributed by atoms with E-state index in [1.165, 1.54) is 47.9 Å². The van der Waals surface area contributed by atoms with Crippen molar-refractivity contribution in [3.63, 3.8) is 0 Å². The van der Waals surface area contributed by atoms with Crippen molar-refractivity contribution in [1.29, 1.82) is 0 Å². The minimum Gasteiger partial charge on any atom is -0.619 e. The smallest absolute Gasteiger partial charge is 0.416 e. The Morgan fingerprint density at radius 2 is 1.70 bits per heavy atom. The van der Waals surface area contributed by atoms with E-state index in [1.54, 1.807) is 24.3 Å². The van der Waals surface area contributed by atoms with Crippen molar-refractivity contribution in [3.05, 3.63) is 90.4 Å². The van der Waals surface area contributed by atoms with Gasteiger partial charge in [-0.15, -0.1) is 0 Å². The summed E-state index contributed by atoms with van der Waals surface area (Å²) in [5.74, 6) is 0.904. The summed E-state index contributed by atoms with van der Waals surface area (Å²) in [5, 5.41) is 19.9. The average Bonchev–Trinajstić information content (AvgIpc) is 3.31. The van der Waals surface area contributed by atoms with Crippen LogP contribution in [0.3, 0.4) is 0 Å². The Morgan fingerprint density at radius 1 is 1.00 bits per heavy atom. The molecule has 4 aromatic rings. The number of pyridine rings is 1. The van der Waals surface area contributed by atoms with Crippen molar-refractivity contribution in [1.82, 2.24) is 14.8 Å². The normalized spacial score (nSPS) is 11.1. The molecule has 0 bridgehead atoms. The molecule has 33 heavy (non-hydrogen) atoms. The Hall–Kier alpha value is -4.61. The van der Waals surface area contributed by atoms with Crippen LogP contribution in [0.25, 0.3) is 5.69 Å². The fourth-order valence-electron chi connectivity index (χ4n) is 2.84. The zero-order valence-electron chi connectivity index (χ0n) is 16.7. The Kier molecular flexibility index (Phi) is 5.81. The number of hydrogen-bond acceptors (Lipinski definition) is 5. The highest BCUT2D eigenvalue weighted by atomic mass is 19.4. The molecule has 0 aliphatic rings. The van der Waals surface area contributed by atoms with Crippen molar-refractivity contribution in [3.8, 4) is 17.2 Å². The van der Waals surface area contributed by atoms with Gasteiger partial charge in [-0.05, 0) is 42.5 Å². The highest BCUT2D eigenvalue weighted by Gasteiger charge is 2.31. The number of carbonyl (C=O) groups is 1. The van der Waals surface area contributed by atoms with Crippen molar-refractivity contribution in [2.75, 3.05) is 10.6 Å². The molecule has 4 rings (SSSR count). The first kappa shape index (κ1) is 21.6. The van der Waals surface area contributed by atoms with Gasteiger partial charge in [0.15, 0.2) is 12.4 Å². The maximum Gasteiger partial charge on any atom is 0.416 e. The fourth-order valence-corrected chi connectivity index (χ4v) is 2.84. The fraction of sp³-hybridized carbons (Fsp3) is 0.0476. The number of carbonyl (C=O) groups excluding carboxylic acids is 1. The zero-order valence-corrected chi connectivity index (χ0v) is 16.7. The highest BCUT2D eigenvalue weighted by Crippen LogP contribution is 2.33. The van der Waals surface area contributed by atoms with Crippen LogP contribution in [0.1, 0.15) is 5.56 Å². The lowest BCUT2D eigenvalue weighted by Crippen LogP contribution is -2.23. The van der Waals surface area contributed by atoms with Gasteiger partial charge in [-0.1, -0.05) is 0 Å². The predicted octanol–water partition coefficient (Wildman–Crippen LogP) is 4.36.